The van der Waals surface area contributed by atoms with Crippen molar-refractivity contribution in [3.8, 4) is 0 Å². The number of hydrogen-bond acceptors (Lipinski definition) is 4. The number of benzene rings is 2. The van der Waals surface area contributed by atoms with Gasteiger partial charge in [-0.25, -0.2) is 0 Å². The Balaban J connectivity index is 1.33. The summed E-state index contributed by atoms with van der Waals surface area (Å²) in [6, 6.07) is 12.8. The molecular formula is C29H39N5O. The molecule has 3 heterocycles. The number of aromatic nitrogens is 1. The van der Waals surface area contributed by atoms with Crippen LogP contribution < -0.4 is 15.5 Å². The fourth-order valence-electron chi connectivity index (χ4n) is 5.49. The van der Waals surface area contributed by atoms with Crippen LogP contribution in [0, 0.1) is 13.8 Å². The molecule has 1 aromatic heterocycles. The normalized spacial score (nSPS) is 18.1. The number of anilines is 2. The summed E-state index contributed by atoms with van der Waals surface area (Å²) < 4.78 is 2.13. The van der Waals surface area contributed by atoms with Crippen molar-refractivity contribution in [1.29, 1.82) is 0 Å². The zero-order valence-corrected chi connectivity index (χ0v) is 21.4. The van der Waals surface area contributed by atoms with Gasteiger partial charge in [0.15, 0.2) is 0 Å². The number of nitrogens with one attached hydrogen (secondary N) is 2. The van der Waals surface area contributed by atoms with Crippen LogP contribution >= 0.6 is 0 Å². The van der Waals surface area contributed by atoms with E-state index in [1.54, 1.807) is 0 Å². The Kier molecular flexibility index (Phi) is 7.12. The van der Waals surface area contributed by atoms with Crippen LogP contribution in [0.25, 0.3) is 10.9 Å². The van der Waals surface area contributed by atoms with Gasteiger partial charge in [0.2, 0.25) is 5.91 Å². The fourth-order valence-corrected chi connectivity index (χ4v) is 5.49. The number of hydrogen-bond donors (Lipinski definition) is 2. The van der Waals surface area contributed by atoms with Gasteiger partial charge < -0.3 is 20.1 Å². The molecule has 2 fully saturated rings. The monoisotopic (exact) mass is 473 g/mol. The van der Waals surface area contributed by atoms with Crippen LogP contribution in [0.4, 0.5) is 11.4 Å². The molecule has 2 saturated heterocycles. The number of fused-ring (bicyclic) bond motifs is 1. The minimum absolute atomic E-state index is 0.0138. The Morgan fingerprint density at radius 2 is 1.74 bits per heavy atom. The molecule has 2 aromatic carbocycles. The summed E-state index contributed by atoms with van der Waals surface area (Å²) in [7, 11) is 0. The molecule has 1 unspecified atom stereocenters. The van der Waals surface area contributed by atoms with Gasteiger partial charge in [0, 0.05) is 61.2 Å². The second-order valence-electron chi connectivity index (χ2n) is 10.3. The molecule has 0 aliphatic carbocycles. The molecule has 2 aliphatic heterocycles. The van der Waals surface area contributed by atoms with Crippen molar-refractivity contribution < 1.29 is 4.79 Å². The molecule has 0 radical (unpaired) electrons. The highest BCUT2D eigenvalue weighted by Crippen LogP contribution is 2.29. The van der Waals surface area contributed by atoms with Crippen molar-refractivity contribution in [2.45, 2.75) is 52.6 Å². The summed E-state index contributed by atoms with van der Waals surface area (Å²) in [4.78, 5) is 18.3. The third-order valence-corrected chi connectivity index (χ3v) is 7.71. The molecule has 1 amide bonds. The number of amides is 1. The Morgan fingerprint density at radius 1 is 0.971 bits per heavy atom. The molecule has 2 N–H and O–H groups in total. The van der Waals surface area contributed by atoms with E-state index in [0.717, 1.165) is 49.5 Å². The lowest BCUT2D eigenvalue weighted by atomic mass is 10.1. The number of aryl methyl sites for hydroxylation is 2. The first-order valence-electron chi connectivity index (χ1n) is 13.2. The number of carbonyl (C=O) groups excluding carboxylic acids is 1. The lowest BCUT2D eigenvalue weighted by Crippen LogP contribution is -2.43. The van der Waals surface area contributed by atoms with Crippen molar-refractivity contribution >= 4 is 28.2 Å². The maximum absolute atomic E-state index is 13.4. The zero-order valence-electron chi connectivity index (χ0n) is 21.4. The Bertz CT molecular complexity index is 1190. The molecule has 6 nitrogen and oxygen atoms in total. The quantitative estimate of drug-likeness (QED) is 0.537. The van der Waals surface area contributed by atoms with Crippen molar-refractivity contribution in [3.05, 3.63) is 59.3 Å². The van der Waals surface area contributed by atoms with Gasteiger partial charge in [0.05, 0.1) is 0 Å². The van der Waals surface area contributed by atoms with Gasteiger partial charge >= 0.3 is 0 Å². The minimum atomic E-state index is -0.304. The van der Waals surface area contributed by atoms with E-state index < -0.39 is 0 Å². The molecule has 1 atom stereocenters. The van der Waals surface area contributed by atoms with Gasteiger partial charge in [0.25, 0.3) is 0 Å². The third kappa shape index (κ3) is 5.24. The van der Waals surface area contributed by atoms with Crippen molar-refractivity contribution in [2.24, 2.45) is 0 Å². The highest BCUT2D eigenvalue weighted by molar-refractivity contribution is 5.96. The number of piperazine rings is 1. The first-order chi connectivity index (χ1) is 17.0. The van der Waals surface area contributed by atoms with Crippen molar-refractivity contribution in [1.82, 2.24) is 14.8 Å². The number of piperidine rings is 1. The number of carbonyl (C=O) groups is 1. The number of likely N-dealkylation sites (tertiary alicyclic amines) is 1. The summed E-state index contributed by atoms with van der Waals surface area (Å²) in [6.45, 7) is 13.6. The highest BCUT2D eigenvalue weighted by Gasteiger charge is 2.20. The molecular weight excluding hydrogens is 434 g/mol. The predicted octanol–water partition coefficient (Wildman–Crippen LogP) is 4.85. The maximum Gasteiger partial charge on any atom is 0.247 e. The molecule has 6 heteroatoms. The molecule has 0 saturated carbocycles. The van der Waals surface area contributed by atoms with E-state index in [2.05, 4.69) is 81.4 Å². The lowest BCUT2D eigenvalue weighted by Gasteiger charge is -2.30. The van der Waals surface area contributed by atoms with Crippen LogP contribution in [0.1, 0.15) is 48.9 Å². The van der Waals surface area contributed by atoms with E-state index >= 15 is 0 Å². The molecule has 0 bridgehead atoms. The lowest BCUT2D eigenvalue weighted by molar-refractivity contribution is -0.118. The smallest absolute Gasteiger partial charge is 0.247 e. The Labute approximate surface area is 209 Å². The van der Waals surface area contributed by atoms with Crippen LogP contribution in [-0.4, -0.2) is 54.6 Å². The third-order valence-electron chi connectivity index (χ3n) is 7.71. The molecule has 186 valence electrons. The molecule has 35 heavy (non-hydrogen) atoms. The molecule has 2 aliphatic rings. The Morgan fingerprint density at radius 3 is 2.51 bits per heavy atom. The fraction of sp³-hybridized carbons (Fsp3) is 0.483. The SMILES string of the molecule is Cc1ccc(N2CCNCC2)cc1NC(=O)C(C)n1cc(C)c2cc(CN3CCCCC3)ccc21. The van der Waals surface area contributed by atoms with Gasteiger partial charge in [-0.05, 0) is 87.7 Å². The predicted molar refractivity (Wildman–Crippen MR) is 145 cm³/mol. The van der Waals surface area contributed by atoms with Crippen LogP contribution in [0.3, 0.4) is 0 Å². The van der Waals surface area contributed by atoms with Gasteiger partial charge in [-0.15, -0.1) is 0 Å². The maximum atomic E-state index is 13.4. The van der Waals surface area contributed by atoms with E-state index in [1.165, 1.54) is 54.6 Å². The first-order valence-corrected chi connectivity index (χ1v) is 13.2. The Hall–Kier alpha value is -2.83. The van der Waals surface area contributed by atoms with Crippen molar-refractivity contribution in [3.63, 3.8) is 0 Å². The van der Waals surface area contributed by atoms with E-state index in [4.69, 9.17) is 0 Å². The van der Waals surface area contributed by atoms with Crippen LogP contribution in [0.2, 0.25) is 0 Å². The summed E-state index contributed by atoms with van der Waals surface area (Å²) >= 11 is 0. The first kappa shape index (κ1) is 23.9. The second kappa shape index (κ2) is 10.4. The van der Waals surface area contributed by atoms with Gasteiger partial charge in [0.1, 0.15) is 6.04 Å². The van der Waals surface area contributed by atoms with E-state index in [0.29, 0.717) is 0 Å². The van der Waals surface area contributed by atoms with Gasteiger partial charge in [-0.2, -0.15) is 0 Å². The molecule has 5 rings (SSSR count). The van der Waals surface area contributed by atoms with E-state index in [-0.39, 0.29) is 11.9 Å². The van der Waals surface area contributed by atoms with Gasteiger partial charge in [-0.3, -0.25) is 9.69 Å². The van der Waals surface area contributed by atoms with Crippen LogP contribution in [0.5, 0.6) is 0 Å². The molecule has 3 aromatic rings. The average Bonchev–Trinajstić information content (AvgIpc) is 3.21. The largest absolute Gasteiger partial charge is 0.369 e. The number of nitrogens with zero attached hydrogens (tertiary/aromatic N) is 3. The summed E-state index contributed by atoms with van der Waals surface area (Å²) in [6.07, 6.45) is 6.10. The standard InChI is InChI=1S/C29H39N5O/c1-21-7-9-25(33-15-11-30-12-16-33)18-27(21)31-29(35)23(3)34-19-22(2)26-17-24(8-10-28(26)34)20-32-13-5-4-6-14-32/h7-10,17-19,23,30H,4-6,11-16,20H2,1-3H3,(H,31,35). The van der Waals surface area contributed by atoms with E-state index in [1.807, 2.05) is 6.92 Å². The average molecular weight is 474 g/mol. The highest BCUT2D eigenvalue weighted by atomic mass is 16.2. The van der Waals surface area contributed by atoms with E-state index in [9.17, 15) is 4.79 Å². The van der Waals surface area contributed by atoms with Crippen LogP contribution in [0.15, 0.2) is 42.6 Å². The second-order valence-corrected chi connectivity index (χ2v) is 10.3. The van der Waals surface area contributed by atoms with Crippen LogP contribution in [-0.2, 0) is 11.3 Å². The summed E-state index contributed by atoms with van der Waals surface area (Å²) in [5.41, 5.74) is 6.85. The number of rotatable bonds is 6. The summed E-state index contributed by atoms with van der Waals surface area (Å²) in [5, 5.41) is 7.86. The minimum Gasteiger partial charge on any atom is -0.369 e. The summed E-state index contributed by atoms with van der Waals surface area (Å²) in [5.74, 6) is 0.0138. The van der Waals surface area contributed by atoms with Crippen molar-refractivity contribution in [2.75, 3.05) is 49.5 Å². The van der Waals surface area contributed by atoms with Gasteiger partial charge in [-0.1, -0.05) is 18.6 Å². The topological polar surface area (TPSA) is 52.5 Å². The molecule has 0 spiro atoms. The zero-order chi connectivity index (χ0) is 24.4.